The molecule has 5 heteroatoms. The smallest absolute Gasteiger partial charge is 0.229 e. The number of rotatable bonds is 4. The number of amides is 2. The van der Waals surface area contributed by atoms with Gasteiger partial charge in [0.05, 0.1) is 5.92 Å². The van der Waals surface area contributed by atoms with Crippen molar-refractivity contribution in [3.05, 3.63) is 59.2 Å². The number of nitrogens with zero attached hydrogens (tertiary/aromatic N) is 1. The number of anilines is 2. The summed E-state index contributed by atoms with van der Waals surface area (Å²) in [6, 6.07) is 12.8. The van der Waals surface area contributed by atoms with Crippen LogP contribution in [0.2, 0.25) is 0 Å². The fraction of sp³-hybridized carbons (Fsp3) is 0.286. The first-order valence-corrected chi connectivity index (χ1v) is 8.64. The molecule has 0 spiro atoms. The number of carbonyl (C=O) groups is 3. The first-order valence-electron chi connectivity index (χ1n) is 8.64. The Kier molecular flexibility index (Phi) is 4.89. The third kappa shape index (κ3) is 3.82. The molecule has 134 valence electrons. The van der Waals surface area contributed by atoms with Gasteiger partial charge in [0.25, 0.3) is 0 Å². The summed E-state index contributed by atoms with van der Waals surface area (Å²) >= 11 is 0. The molecule has 0 bridgehead atoms. The van der Waals surface area contributed by atoms with Gasteiger partial charge in [-0.1, -0.05) is 18.2 Å². The molecule has 1 fully saturated rings. The third-order valence-corrected chi connectivity index (χ3v) is 4.55. The van der Waals surface area contributed by atoms with Gasteiger partial charge in [0, 0.05) is 29.9 Å². The van der Waals surface area contributed by atoms with Gasteiger partial charge in [-0.15, -0.1) is 0 Å². The third-order valence-electron chi connectivity index (χ3n) is 4.55. The lowest BCUT2D eigenvalue weighted by Gasteiger charge is -2.17. The molecule has 26 heavy (non-hydrogen) atoms. The lowest BCUT2D eigenvalue weighted by atomic mass is 10.1. The lowest BCUT2D eigenvalue weighted by molar-refractivity contribution is -0.122. The quantitative estimate of drug-likeness (QED) is 0.858. The largest absolute Gasteiger partial charge is 0.326 e. The van der Waals surface area contributed by atoms with E-state index in [1.807, 2.05) is 32.0 Å². The van der Waals surface area contributed by atoms with Crippen molar-refractivity contribution in [1.82, 2.24) is 0 Å². The second kappa shape index (κ2) is 7.12. The lowest BCUT2D eigenvalue weighted by Crippen LogP contribution is -2.28. The molecule has 1 N–H and O–H groups in total. The maximum atomic E-state index is 12.6. The number of Topliss-reactive ketones (excluding diaryl/α,β-unsaturated/α-hetero) is 1. The predicted molar refractivity (Wildman–Crippen MR) is 101 cm³/mol. The zero-order valence-electron chi connectivity index (χ0n) is 15.2. The topological polar surface area (TPSA) is 66.5 Å². The Bertz CT molecular complexity index is 868. The molecule has 0 saturated carbocycles. The highest BCUT2D eigenvalue weighted by molar-refractivity contribution is 6.04. The van der Waals surface area contributed by atoms with Crippen molar-refractivity contribution >= 4 is 29.0 Å². The Morgan fingerprint density at radius 2 is 1.77 bits per heavy atom. The van der Waals surface area contributed by atoms with Gasteiger partial charge in [-0.3, -0.25) is 14.4 Å². The Labute approximate surface area is 153 Å². The summed E-state index contributed by atoms with van der Waals surface area (Å²) < 4.78 is 0. The van der Waals surface area contributed by atoms with Gasteiger partial charge in [-0.25, -0.2) is 0 Å². The van der Waals surface area contributed by atoms with E-state index >= 15 is 0 Å². The Hall–Kier alpha value is -2.95. The molecule has 2 amide bonds. The minimum atomic E-state index is -0.413. The number of hydrogen-bond donors (Lipinski definition) is 1. The molecule has 1 aliphatic heterocycles. The minimum absolute atomic E-state index is 0.0531. The molecule has 0 aliphatic carbocycles. The van der Waals surface area contributed by atoms with Crippen molar-refractivity contribution in [2.24, 2.45) is 5.92 Å². The van der Waals surface area contributed by atoms with Crippen LogP contribution in [0.15, 0.2) is 42.5 Å². The molecule has 2 aromatic rings. The normalized spacial score (nSPS) is 16.7. The van der Waals surface area contributed by atoms with E-state index in [9.17, 15) is 14.4 Å². The van der Waals surface area contributed by atoms with Crippen LogP contribution in [-0.2, 0) is 9.59 Å². The van der Waals surface area contributed by atoms with Gasteiger partial charge in [0.2, 0.25) is 11.8 Å². The standard InChI is InChI=1S/C21H22N2O3/c1-13-7-14(2)9-18(8-13)22-21(26)17-11-20(25)23(12-17)19-6-4-5-16(10-19)15(3)24/h4-10,17H,11-12H2,1-3H3,(H,22,26). The van der Waals surface area contributed by atoms with Crippen molar-refractivity contribution < 1.29 is 14.4 Å². The van der Waals surface area contributed by atoms with Gasteiger partial charge >= 0.3 is 0 Å². The molecule has 2 aromatic carbocycles. The minimum Gasteiger partial charge on any atom is -0.326 e. The van der Waals surface area contributed by atoms with Crippen LogP contribution in [0, 0.1) is 19.8 Å². The van der Waals surface area contributed by atoms with Crippen LogP contribution in [0.5, 0.6) is 0 Å². The number of carbonyl (C=O) groups excluding carboxylic acids is 3. The highest BCUT2D eigenvalue weighted by Gasteiger charge is 2.35. The Balaban J connectivity index is 1.73. The van der Waals surface area contributed by atoms with E-state index in [0.717, 1.165) is 16.8 Å². The van der Waals surface area contributed by atoms with Crippen molar-refractivity contribution in [1.29, 1.82) is 0 Å². The van der Waals surface area contributed by atoms with Crippen LogP contribution in [0.3, 0.4) is 0 Å². The van der Waals surface area contributed by atoms with Crippen LogP contribution >= 0.6 is 0 Å². The fourth-order valence-electron chi connectivity index (χ4n) is 3.32. The molecule has 1 heterocycles. The summed E-state index contributed by atoms with van der Waals surface area (Å²) in [7, 11) is 0. The Morgan fingerprint density at radius 3 is 2.42 bits per heavy atom. The molecular weight excluding hydrogens is 328 g/mol. The molecule has 5 nitrogen and oxygen atoms in total. The molecule has 1 unspecified atom stereocenters. The van der Waals surface area contributed by atoms with Crippen LogP contribution in [0.1, 0.15) is 34.8 Å². The first-order chi connectivity index (χ1) is 12.3. The van der Waals surface area contributed by atoms with Crippen LogP contribution in [-0.4, -0.2) is 24.1 Å². The average molecular weight is 350 g/mol. The number of benzene rings is 2. The van der Waals surface area contributed by atoms with E-state index in [0.29, 0.717) is 17.8 Å². The number of nitrogens with one attached hydrogen (secondary N) is 1. The van der Waals surface area contributed by atoms with E-state index in [2.05, 4.69) is 5.32 Å². The van der Waals surface area contributed by atoms with Gasteiger partial charge in [-0.05, 0) is 56.2 Å². The zero-order valence-corrected chi connectivity index (χ0v) is 15.2. The van der Waals surface area contributed by atoms with Gasteiger partial charge in [-0.2, -0.15) is 0 Å². The zero-order chi connectivity index (χ0) is 18.8. The highest BCUT2D eigenvalue weighted by Crippen LogP contribution is 2.27. The predicted octanol–water partition coefficient (Wildman–Crippen LogP) is 3.50. The van der Waals surface area contributed by atoms with E-state index in [-0.39, 0.29) is 24.0 Å². The summed E-state index contributed by atoms with van der Waals surface area (Å²) in [6.45, 7) is 5.76. The van der Waals surface area contributed by atoms with E-state index in [4.69, 9.17) is 0 Å². The molecule has 0 aromatic heterocycles. The van der Waals surface area contributed by atoms with E-state index < -0.39 is 5.92 Å². The number of ketones is 1. The molecule has 1 saturated heterocycles. The van der Waals surface area contributed by atoms with Crippen molar-refractivity contribution in [3.8, 4) is 0 Å². The summed E-state index contributed by atoms with van der Waals surface area (Å²) in [5.74, 6) is -0.730. The van der Waals surface area contributed by atoms with Crippen molar-refractivity contribution in [3.63, 3.8) is 0 Å². The van der Waals surface area contributed by atoms with Crippen molar-refractivity contribution in [2.45, 2.75) is 27.2 Å². The SMILES string of the molecule is CC(=O)c1cccc(N2CC(C(=O)Nc3cc(C)cc(C)c3)CC2=O)c1. The van der Waals surface area contributed by atoms with Gasteiger partial charge in [0.1, 0.15) is 0 Å². The monoisotopic (exact) mass is 350 g/mol. The van der Waals surface area contributed by atoms with Crippen LogP contribution in [0.4, 0.5) is 11.4 Å². The first kappa shape index (κ1) is 17.9. The molecular formula is C21H22N2O3. The van der Waals surface area contributed by atoms with Crippen LogP contribution in [0.25, 0.3) is 0 Å². The number of aryl methyl sites for hydroxylation is 2. The van der Waals surface area contributed by atoms with Crippen LogP contribution < -0.4 is 10.2 Å². The molecule has 1 atom stereocenters. The summed E-state index contributed by atoms with van der Waals surface area (Å²) in [5.41, 5.74) is 4.11. The highest BCUT2D eigenvalue weighted by atomic mass is 16.2. The van der Waals surface area contributed by atoms with Gasteiger partial charge in [0.15, 0.2) is 5.78 Å². The molecule has 3 rings (SSSR count). The fourth-order valence-corrected chi connectivity index (χ4v) is 3.32. The van der Waals surface area contributed by atoms with E-state index in [1.165, 1.54) is 6.92 Å². The second-order valence-electron chi connectivity index (χ2n) is 6.88. The molecule has 1 aliphatic rings. The Morgan fingerprint density at radius 1 is 1.08 bits per heavy atom. The number of hydrogen-bond acceptors (Lipinski definition) is 3. The van der Waals surface area contributed by atoms with E-state index in [1.54, 1.807) is 29.2 Å². The van der Waals surface area contributed by atoms with Gasteiger partial charge < -0.3 is 10.2 Å². The summed E-state index contributed by atoms with van der Waals surface area (Å²) in [4.78, 5) is 38.1. The molecule has 0 radical (unpaired) electrons. The summed E-state index contributed by atoms with van der Waals surface area (Å²) in [5, 5.41) is 2.92. The van der Waals surface area contributed by atoms with Crippen molar-refractivity contribution in [2.75, 3.05) is 16.8 Å². The maximum Gasteiger partial charge on any atom is 0.229 e. The average Bonchev–Trinajstić information content (AvgIpc) is 2.96. The maximum absolute atomic E-state index is 12.6. The summed E-state index contributed by atoms with van der Waals surface area (Å²) in [6.07, 6.45) is 0.168. The second-order valence-corrected chi connectivity index (χ2v) is 6.88.